The van der Waals surface area contributed by atoms with E-state index in [1.807, 2.05) is 6.07 Å². The summed E-state index contributed by atoms with van der Waals surface area (Å²) in [6, 6.07) is 12.2. The van der Waals surface area contributed by atoms with E-state index in [4.69, 9.17) is 14.7 Å². The molecule has 2 unspecified atom stereocenters. The Morgan fingerprint density at radius 1 is 1.13 bits per heavy atom. The molecule has 0 aliphatic heterocycles. The second kappa shape index (κ2) is 10.8. The normalized spacial score (nSPS) is 18.4. The van der Waals surface area contributed by atoms with Gasteiger partial charge in [-0.1, -0.05) is 39.0 Å². The Labute approximate surface area is 177 Å². The standard InChI is InChI=1S/C25H28FNO3/c1-2-19-6-3-4-7-20(19)8-5-15-29-22-12-10-21(11-13-22)25(28)30-24-14-9-18(17-27)16-23(24)26/h9-14,16,19-20H,2-8,15H2,1H3. The quantitative estimate of drug-likeness (QED) is 0.292. The van der Waals surface area contributed by atoms with Gasteiger partial charge < -0.3 is 9.47 Å². The van der Waals surface area contributed by atoms with E-state index < -0.39 is 11.8 Å². The van der Waals surface area contributed by atoms with Crippen LogP contribution < -0.4 is 9.47 Å². The minimum absolute atomic E-state index is 0.169. The van der Waals surface area contributed by atoms with E-state index in [0.29, 0.717) is 17.9 Å². The first kappa shape index (κ1) is 21.8. The highest BCUT2D eigenvalue weighted by atomic mass is 19.1. The molecule has 1 saturated carbocycles. The Hall–Kier alpha value is -2.87. The van der Waals surface area contributed by atoms with Gasteiger partial charge in [-0.25, -0.2) is 9.18 Å². The number of nitrogens with zero attached hydrogens (tertiary/aromatic N) is 1. The SMILES string of the molecule is CCC1CCCCC1CCCOc1ccc(C(=O)Oc2ccc(C#N)cc2F)cc1. The van der Waals surface area contributed by atoms with Gasteiger partial charge in [-0.05, 0) is 67.1 Å². The molecule has 0 spiro atoms. The number of nitriles is 1. The van der Waals surface area contributed by atoms with Crippen molar-refractivity contribution in [1.82, 2.24) is 0 Å². The lowest BCUT2D eigenvalue weighted by Crippen LogP contribution is -2.19. The highest BCUT2D eigenvalue weighted by Crippen LogP contribution is 2.35. The highest BCUT2D eigenvalue weighted by Gasteiger charge is 2.23. The average molecular weight is 410 g/mol. The summed E-state index contributed by atoms with van der Waals surface area (Å²) in [4.78, 5) is 12.2. The minimum Gasteiger partial charge on any atom is -0.494 e. The first-order valence-electron chi connectivity index (χ1n) is 10.8. The summed E-state index contributed by atoms with van der Waals surface area (Å²) in [6.07, 6.45) is 8.95. The Bertz CT molecular complexity index is 888. The van der Waals surface area contributed by atoms with Crippen molar-refractivity contribution in [1.29, 1.82) is 5.26 Å². The molecular formula is C25H28FNO3. The van der Waals surface area contributed by atoms with Gasteiger partial charge in [0, 0.05) is 0 Å². The summed E-state index contributed by atoms with van der Waals surface area (Å²) in [6.45, 7) is 2.95. The summed E-state index contributed by atoms with van der Waals surface area (Å²) >= 11 is 0. The number of halogens is 1. The molecule has 0 bridgehead atoms. The molecule has 1 aliphatic rings. The highest BCUT2D eigenvalue weighted by molar-refractivity contribution is 5.91. The predicted octanol–water partition coefficient (Wildman–Crippen LogP) is 6.29. The molecule has 0 heterocycles. The zero-order valence-electron chi connectivity index (χ0n) is 17.4. The first-order chi connectivity index (χ1) is 14.6. The van der Waals surface area contributed by atoms with Gasteiger partial charge in [-0.3, -0.25) is 0 Å². The van der Waals surface area contributed by atoms with Gasteiger partial charge in [-0.2, -0.15) is 5.26 Å². The third-order valence-electron chi connectivity index (χ3n) is 5.93. The van der Waals surface area contributed by atoms with Crippen LogP contribution >= 0.6 is 0 Å². The van der Waals surface area contributed by atoms with E-state index in [9.17, 15) is 9.18 Å². The number of carbonyl (C=O) groups excluding carboxylic acids is 1. The van der Waals surface area contributed by atoms with E-state index in [1.54, 1.807) is 24.3 Å². The maximum Gasteiger partial charge on any atom is 0.343 e. The number of carbonyl (C=O) groups is 1. The fraction of sp³-hybridized carbons (Fsp3) is 0.440. The molecule has 2 atom stereocenters. The number of esters is 1. The molecule has 2 aromatic rings. The minimum atomic E-state index is -0.745. The molecule has 0 aromatic heterocycles. The summed E-state index contributed by atoms with van der Waals surface area (Å²) in [5.41, 5.74) is 0.474. The first-order valence-corrected chi connectivity index (χ1v) is 10.8. The molecule has 5 heteroatoms. The molecule has 3 rings (SSSR count). The van der Waals surface area contributed by atoms with E-state index >= 15 is 0 Å². The number of hydrogen-bond donors (Lipinski definition) is 0. The fourth-order valence-electron chi connectivity index (χ4n) is 4.24. The zero-order valence-corrected chi connectivity index (χ0v) is 17.4. The molecule has 2 aromatic carbocycles. The Morgan fingerprint density at radius 2 is 1.87 bits per heavy atom. The van der Waals surface area contributed by atoms with Gasteiger partial charge >= 0.3 is 5.97 Å². The van der Waals surface area contributed by atoms with Crippen LogP contribution in [0.4, 0.5) is 4.39 Å². The Morgan fingerprint density at radius 3 is 2.53 bits per heavy atom. The van der Waals surface area contributed by atoms with Crippen LogP contribution in [0.3, 0.4) is 0 Å². The van der Waals surface area contributed by atoms with Gasteiger partial charge in [0.2, 0.25) is 0 Å². The Kier molecular flexibility index (Phi) is 7.84. The van der Waals surface area contributed by atoms with Crippen LogP contribution in [0, 0.1) is 29.0 Å². The largest absolute Gasteiger partial charge is 0.494 e. The van der Waals surface area contributed by atoms with Crippen LogP contribution in [-0.2, 0) is 0 Å². The third-order valence-corrected chi connectivity index (χ3v) is 5.93. The van der Waals surface area contributed by atoms with E-state index in [-0.39, 0.29) is 11.3 Å². The molecular weight excluding hydrogens is 381 g/mol. The zero-order chi connectivity index (χ0) is 21.3. The second-order valence-electron chi connectivity index (χ2n) is 7.87. The van der Waals surface area contributed by atoms with E-state index in [2.05, 4.69) is 6.92 Å². The maximum absolute atomic E-state index is 13.9. The van der Waals surface area contributed by atoms with Gasteiger partial charge in [0.15, 0.2) is 11.6 Å². The van der Waals surface area contributed by atoms with Gasteiger partial charge in [0.1, 0.15) is 5.75 Å². The lowest BCUT2D eigenvalue weighted by Gasteiger charge is -2.30. The van der Waals surface area contributed by atoms with Crippen molar-refractivity contribution in [3.8, 4) is 17.6 Å². The molecule has 0 N–H and O–H groups in total. The number of rotatable bonds is 8. The van der Waals surface area contributed by atoms with Gasteiger partial charge in [0.25, 0.3) is 0 Å². The molecule has 158 valence electrons. The predicted molar refractivity (Wildman–Crippen MR) is 113 cm³/mol. The van der Waals surface area contributed by atoms with Crippen molar-refractivity contribution in [2.45, 2.75) is 51.9 Å². The summed E-state index contributed by atoms with van der Waals surface area (Å²) in [5, 5.41) is 8.77. The molecule has 0 radical (unpaired) electrons. The monoisotopic (exact) mass is 409 g/mol. The molecule has 1 aliphatic carbocycles. The molecule has 0 saturated heterocycles. The lowest BCUT2D eigenvalue weighted by atomic mass is 9.76. The van der Waals surface area contributed by atoms with Gasteiger partial charge in [-0.15, -0.1) is 0 Å². The average Bonchev–Trinajstić information content (AvgIpc) is 2.78. The third kappa shape index (κ3) is 5.82. The smallest absolute Gasteiger partial charge is 0.343 e. The van der Waals surface area contributed by atoms with Crippen LogP contribution in [-0.4, -0.2) is 12.6 Å². The van der Waals surface area contributed by atoms with Crippen molar-refractivity contribution in [2.24, 2.45) is 11.8 Å². The Balaban J connectivity index is 1.46. The lowest BCUT2D eigenvalue weighted by molar-refractivity contribution is 0.0728. The van der Waals surface area contributed by atoms with Crippen LogP contribution in [0.1, 0.15) is 67.8 Å². The summed E-state index contributed by atoms with van der Waals surface area (Å²) in [7, 11) is 0. The van der Waals surface area contributed by atoms with Crippen LogP contribution in [0.15, 0.2) is 42.5 Å². The molecule has 4 nitrogen and oxygen atoms in total. The van der Waals surface area contributed by atoms with Crippen LogP contribution in [0.25, 0.3) is 0 Å². The van der Waals surface area contributed by atoms with Crippen molar-refractivity contribution < 1.29 is 18.7 Å². The maximum atomic E-state index is 13.9. The molecule has 0 amide bonds. The number of ether oxygens (including phenoxy) is 2. The van der Waals surface area contributed by atoms with E-state index in [0.717, 1.165) is 24.3 Å². The van der Waals surface area contributed by atoms with Crippen molar-refractivity contribution in [2.75, 3.05) is 6.61 Å². The number of hydrogen-bond acceptors (Lipinski definition) is 4. The topological polar surface area (TPSA) is 59.3 Å². The second-order valence-corrected chi connectivity index (χ2v) is 7.87. The number of benzene rings is 2. The molecule has 30 heavy (non-hydrogen) atoms. The van der Waals surface area contributed by atoms with Gasteiger partial charge in [0.05, 0.1) is 23.8 Å². The summed E-state index contributed by atoms with van der Waals surface area (Å²) < 4.78 is 24.8. The molecule has 1 fully saturated rings. The van der Waals surface area contributed by atoms with Crippen LogP contribution in [0.5, 0.6) is 11.5 Å². The van der Waals surface area contributed by atoms with Crippen LogP contribution in [0.2, 0.25) is 0 Å². The van der Waals surface area contributed by atoms with Crippen molar-refractivity contribution in [3.63, 3.8) is 0 Å². The fourth-order valence-corrected chi connectivity index (χ4v) is 4.24. The van der Waals surface area contributed by atoms with Crippen molar-refractivity contribution >= 4 is 5.97 Å². The summed E-state index contributed by atoms with van der Waals surface area (Å²) in [5.74, 6) is 0.787. The van der Waals surface area contributed by atoms with E-state index in [1.165, 1.54) is 50.7 Å². The van der Waals surface area contributed by atoms with Crippen molar-refractivity contribution in [3.05, 3.63) is 59.4 Å².